The third-order valence-electron chi connectivity index (χ3n) is 4.06. The van der Waals surface area contributed by atoms with Crippen LogP contribution in [0.1, 0.15) is 39.7 Å². The molecular weight excluding hydrogens is 472 g/mol. The van der Waals surface area contributed by atoms with Crippen molar-refractivity contribution >= 4 is 51.0 Å². The van der Waals surface area contributed by atoms with Crippen molar-refractivity contribution < 1.29 is 9.53 Å². The van der Waals surface area contributed by atoms with Gasteiger partial charge in [0.15, 0.2) is 0 Å². The Hall–Kier alpha value is -2.15. The minimum atomic E-state index is -0.224. The molecule has 0 aliphatic rings. The molecule has 1 heterocycles. The second kappa shape index (κ2) is 10.6. The standard InChI is InChI=1S/C22H20BrClN2O2S/c1-2-3-20-11-17(14-29-20)22(27)26-25-12-16-10-18(23)6-9-21(16)28-13-15-4-7-19(24)8-5-15/h4-12,14H,2-3,13H2,1H3,(H,26,27). The Morgan fingerprint density at radius 1 is 1.24 bits per heavy atom. The van der Waals surface area contributed by atoms with E-state index >= 15 is 0 Å². The van der Waals surface area contributed by atoms with Crippen molar-refractivity contribution in [3.8, 4) is 5.75 Å². The average molecular weight is 492 g/mol. The van der Waals surface area contributed by atoms with Gasteiger partial charge in [-0.05, 0) is 48.4 Å². The lowest BCUT2D eigenvalue weighted by atomic mass is 10.2. The Morgan fingerprint density at radius 3 is 2.79 bits per heavy atom. The molecule has 1 aromatic heterocycles. The van der Waals surface area contributed by atoms with Crippen molar-refractivity contribution in [2.45, 2.75) is 26.4 Å². The van der Waals surface area contributed by atoms with Gasteiger partial charge in [-0.25, -0.2) is 5.43 Å². The second-order valence-electron chi connectivity index (χ2n) is 6.35. The van der Waals surface area contributed by atoms with Gasteiger partial charge in [-0.3, -0.25) is 4.79 Å². The lowest BCUT2D eigenvalue weighted by Crippen LogP contribution is -2.16. The zero-order valence-electron chi connectivity index (χ0n) is 15.8. The van der Waals surface area contributed by atoms with E-state index in [9.17, 15) is 4.79 Å². The number of nitrogens with zero attached hydrogens (tertiary/aromatic N) is 1. The number of thiophene rings is 1. The van der Waals surface area contributed by atoms with Crippen molar-refractivity contribution in [2.24, 2.45) is 5.10 Å². The van der Waals surface area contributed by atoms with E-state index in [1.807, 2.05) is 53.9 Å². The number of ether oxygens (including phenoxy) is 1. The largest absolute Gasteiger partial charge is 0.488 e. The number of hydrogen-bond acceptors (Lipinski definition) is 4. The molecule has 7 heteroatoms. The Labute approximate surface area is 187 Å². The zero-order chi connectivity index (χ0) is 20.6. The van der Waals surface area contributed by atoms with Crippen molar-refractivity contribution in [2.75, 3.05) is 0 Å². The minimum absolute atomic E-state index is 0.224. The number of aryl methyl sites for hydroxylation is 1. The first-order valence-corrected chi connectivity index (χ1v) is 11.2. The summed E-state index contributed by atoms with van der Waals surface area (Å²) in [5, 5.41) is 6.65. The monoisotopic (exact) mass is 490 g/mol. The summed E-state index contributed by atoms with van der Waals surface area (Å²) in [6.45, 7) is 2.52. The predicted molar refractivity (Wildman–Crippen MR) is 123 cm³/mol. The summed E-state index contributed by atoms with van der Waals surface area (Å²) in [7, 11) is 0. The number of carbonyl (C=O) groups is 1. The Morgan fingerprint density at radius 2 is 2.03 bits per heavy atom. The van der Waals surface area contributed by atoms with E-state index in [0.717, 1.165) is 28.4 Å². The molecule has 2 aromatic carbocycles. The van der Waals surface area contributed by atoms with Gasteiger partial charge in [-0.2, -0.15) is 5.10 Å². The topological polar surface area (TPSA) is 50.7 Å². The van der Waals surface area contributed by atoms with Gasteiger partial charge in [0.25, 0.3) is 5.91 Å². The molecule has 0 saturated heterocycles. The number of hydrazone groups is 1. The molecule has 1 N–H and O–H groups in total. The summed E-state index contributed by atoms with van der Waals surface area (Å²) < 4.78 is 6.82. The molecule has 3 aromatic rings. The van der Waals surface area contributed by atoms with Crippen molar-refractivity contribution in [3.05, 3.63) is 85.0 Å². The summed E-state index contributed by atoms with van der Waals surface area (Å²) >= 11 is 11.0. The maximum atomic E-state index is 12.3. The van der Waals surface area contributed by atoms with Crippen LogP contribution >= 0.6 is 38.9 Å². The number of benzene rings is 2. The van der Waals surface area contributed by atoms with Crippen LogP contribution in [-0.2, 0) is 13.0 Å². The summed E-state index contributed by atoms with van der Waals surface area (Å²) in [5.41, 5.74) is 4.97. The summed E-state index contributed by atoms with van der Waals surface area (Å²) in [6.07, 6.45) is 3.62. The quantitative estimate of drug-likeness (QED) is 0.290. The fourth-order valence-corrected chi connectivity index (χ4v) is 4.07. The molecule has 0 radical (unpaired) electrons. The molecule has 0 fully saturated rings. The third kappa shape index (κ3) is 6.42. The number of amides is 1. The molecule has 29 heavy (non-hydrogen) atoms. The molecule has 0 aliphatic heterocycles. The number of rotatable bonds is 8. The van der Waals surface area contributed by atoms with E-state index in [1.165, 1.54) is 4.88 Å². The Bertz CT molecular complexity index is 1000. The van der Waals surface area contributed by atoms with E-state index in [0.29, 0.717) is 22.9 Å². The fourth-order valence-electron chi connectivity index (χ4n) is 2.60. The Balaban J connectivity index is 1.65. The highest BCUT2D eigenvalue weighted by Crippen LogP contribution is 2.23. The van der Waals surface area contributed by atoms with Crippen LogP contribution in [0.5, 0.6) is 5.75 Å². The van der Waals surface area contributed by atoms with E-state index in [1.54, 1.807) is 17.6 Å². The highest BCUT2D eigenvalue weighted by atomic mass is 79.9. The van der Waals surface area contributed by atoms with Crippen molar-refractivity contribution in [3.63, 3.8) is 0 Å². The maximum Gasteiger partial charge on any atom is 0.272 e. The van der Waals surface area contributed by atoms with Gasteiger partial charge in [0.1, 0.15) is 12.4 Å². The molecule has 3 rings (SSSR count). The van der Waals surface area contributed by atoms with Crippen molar-refractivity contribution in [1.29, 1.82) is 0 Å². The third-order valence-corrected chi connectivity index (χ3v) is 5.80. The van der Waals surface area contributed by atoms with Gasteiger partial charge in [-0.15, -0.1) is 11.3 Å². The lowest BCUT2D eigenvalue weighted by Gasteiger charge is -2.10. The van der Waals surface area contributed by atoms with Crippen LogP contribution in [0, 0.1) is 0 Å². The van der Waals surface area contributed by atoms with Crippen LogP contribution in [0.25, 0.3) is 0 Å². The average Bonchev–Trinajstić information content (AvgIpc) is 3.18. The predicted octanol–water partition coefficient (Wildman–Crippen LogP) is 6.46. The molecule has 4 nitrogen and oxygen atoms in total. The lowest BCUT2D eigenvalue weighted by molar-refractivity contribution is 0.0955. The van der Waals surface area contributed by atoms with Gasteiger partial charge in [0.2, 0.25) is 0 Å². The van der Waals surface area contributed by atoms with E-state index < -0.39 is 0 Å². The first kappa shape index (κ1) is 21.6. The molecule has 0 aliphatic carbocycles. The summed E-state index contributed by atoms with van der Waals surface area (Å²) in [5.74, 6) is 0.445. The highest BCUT2D eigenvalue weighted by molar-refractivity contribution is 9.10. The minimum Gasteiger partial charge on any atom is -0.488 e. The molecule has 0 bridgehead atoms. The van der Waals surface area contributed by atoms with E-state index in [2.05, 4.69) is 33.4 Å². The molecule has 0 atom stereocenters. The fraction of sp³-hybridized carbons (Fsp3) is 0.182. The molecule has 0 saturated carbocycles. The van der Waals surface area contributed by atoms with E-state index in [-0.39, 0.29) is 5.91 Å². The van der Waals surface area contributed by atoms with Crippen LogP contribution in [0.3, 0.4) is 0 Å². The molecule has 0 unspecified atom stereocenters. The van der Waals surface area contributed by atoms with Crippen LogP contribution in [0.15, 0.2) is 63.5 Å². The second-order valence-corrected chi connectivity index (χ2v) is 8.70. The van der Waals surface area contributed by atoms with Crippen LogP contribution < -0.4 is 10.2 Å². The van der Waals surface area contributed by atoms with Crippen LogP contribution in [0.4, 0.5) is 0 Å². The zero-order valence-corrected chi connectivity index (χ0v) is 19.0. The smallest absolute Gasteiger partial charge is 0.272 e. The van der Waals surface area contributed by atoms with Crippen molar-refractivity contribution in [1.82, 2.24) is 5.43 Å². The number of halogens is 2. The molecule has 150 valence electrons. The SMILES string of the molecule is CCCc1cc(C(=O)NN=Cc2cc(Br)ccc2OCc2ccc(Cl)cc2)cs1. The van der Waals surface area contributed by atoms with Gasteiger partial charge in [0, 0.05) is 25.3 Å². The summed E-state index contributed by atoms with van der Waals surface area (Å²) in [4.78, 5) is 13.5. The summed E-state index contributed by atoms with van der Waals surface area (Å²) in [6, 6.07) is 15.1. The molecule has 0 spiro atoms. The molecular formula is C22H20BrClN2O2S. The normalized spacial score (nSPS) is 11.0. The number of nitrogens with one attached hydrogen (secondary N) is 1. The van der Waals surface area contributed by atoms with Gasteiger partial charge >= 0.3 is 0 Å². The first-order chi connectivity index (χ1) is 14.0. The van der Waals surface area contributed by atoms with Crippen LogP contribution in [0.2, 0.25) is 5.02 Å². The van der Waals surface area contributed by atoms with E-state index in [4.69, 9.17) is 16.3 Å². The number of hydrogen-bond donors (Lipinski definition) is 1. The van der Waals surface area contributed by atoms with Gasteiger partial charge < -0.3 is 4.74 Å². The highest BCUT2D eigenvalue weighted by Gasteiger charge is 2.08. The molecule has 1 amide bonds. The van der Waals surface area contributed by atoms with Crippen LogP contribution in [-0.4, -0.2) is 12.1 Å². The Kier molecular flexibility index (Phi) is 7.86. The maximum absolute atomic E-state index is 12.3. The van der Waals surface area contributed by atoms with Gasteiger partial charge in [0.05, 0.1) is 11.8 Å². The number of carbonyl (C=O) groups excluding carboxylic acids is 1. The first-order valence-electron chi connectivity index (χ1n) is 9.12. The van der Waals surface area contributed by atoms with Gasteiger partial charge in [-0.1, -0.05) is 53.0 Å².